The van der Waals surface area contributed by atoms with Gasteiger partial charge in [0.05, 0.1) is 12.1 Å². The van der Waals surface area contributed by atoms with Crippen LogP contribution in [0.4, 0.5) is 0 Å². The summed E-state index contributed by atoms with van der Waals surface area (Å²) in [6.07, 6.45) is 0. The van der Waals surface area contributed by atoms with E-state index in [9.17, 15) is 0 Å². The van der Waals surface area contributed by atoms with Crippen LogP contribution in [0.5, 0.6) is 0 Å². The number of para-hydroxylation sites is 1. The molecule has 2 heterocycles. The van der Waals surface area contributed by atoms with Crippen LogP contribution in [0.2, 0.25) is 0 Å². The quantitative estimate of drug-likeness (QED) is 0.745. The first-order chi connectivity index (χ1) is 8.25. The average Bonchev–Trinajstić information content (AvgIpc) is 2.74. The van der Waals surface area contributed by atoms with E-state index in [2.05, 4.69) is 38.1 Å². The fourth-order valence-electron chi connectivity index (χ4n) is 2.66. The molecule has 0 aliphatic carbocycles. The van der Waals surface area contributed by atoms with E-state index < -0.39 is 0 Å². The van der Waals surface area contributed by atoms with Crippen molar-refractivity contribution < 1.29 is 4.74 Å². The highest BCUT2D eigenvalue weighted by Crippen LogP contribution is 2.33. The van der Waals surface area contributed by atoms with Gasteiger partial charge in [0.15, 0.2) is 0 Å². The number of rotatable bonds is 1. The molecule has 0 radical (unpaired) electrons. The van der Waals surface area contributed by atoms with Gasteiger partial charge < -0.3 is 4.74 Å². The third-order valence-corrected chi connectivity index (χ3v) is 3.72. The van der Waals surface area contributed by atoms with Gasteiger partial charge in [-0.2, -0.15) is 0 Å². The molecule has 0 bridgehead atoms. The predicted molar refractivity (Wildman–Crippen MR) is 69.2 cm³/mol. The van der Waals surface area contributed by atoms with E-state index >= 15 is 0 Å². The summed E-state index contributed by atoms with van der Waals surface area (Å²) in [6, 6.07) is 10.6. The molecule has 0 spiro atoms. The first-order valence-electron chi connectivity index (χ1n) is 6.20. The molecular weight excluding hydrogens is 210 g/mol. The molecule has 1 aromatic heterocycles. The second kappa shape index (κ2) is 4.11. The minimum absolute atomic E-state index is 0.507. The minimum Gasteiger partial charge on any atom is -0.381 e. The van der Waals surface area contributed by atoms with Crippen LogP contribution in [0.1, 0.15) is 24.1 Å². The number of ether oxygens (including phenoxy) is 1. The van der Waals surface area contributed by atoms with E-state index in [0.29, 0.717) is 11.8 Å². The number of benzene rings is 1. The minimum atomic E-state index is 0.507. The number of fused-ring (bicyclic) bond motifs is 1. The maximum atomic E-state index is 5.56. The fraction of sp³-hybridized carbons (Fsp3) is 0.400. The van der Waals surface area contributed by atoms with Gasteiger partial charge in [-0.15, -0.1) is 0 Å². The molecule has 3 rings (SSSR count). The van der Waals surface area contributed by atoms with Crippen LogP contribution in [0, 0.1) is 12.8 Å². The zero-order valence-electron chi connectivity index (χ0n) is 10.3. The van der Waals surface area contributed by atoms with Crippen molar-refractivity contribution in [2.45, 2.75) is 19.8 Å². The summed E-state index contributed by atoms with van der Waals surface area (Å²) in [5.41, 5.74) is 3.58. The zero-order valence-corrected chi connectivity index (χ0v) is 10.3. The van der Waals surface area contributed by atoms with Crippen LogP contribution in [-0.4, -0.2) is 18.2 Å². The van der Waals surface area contributed by atoms with Gasteiger partial charge in [-0.05, 0) is 30.5 Å². The SMILES string of the molecule is Cc1nc2ccccc2cc1C1COC[C@H]1C. The Kier molecular flexibility index (Phi) is 2.60. The van der Waals surface area contributed by atoms with E-state index in [-0.39, 0.29) is 0 Å². The van der Waals surface area contributed by atoms with Crippen molar-refractivity contribution in [3.8, 4) is 0 Å². The standard InChI is InChI=1S/C15H17NO/c1-10-8-17-9-14(10)13-7-12-5-3-4-6-15(12)16-11(13)2/h3-7,10,14H,8-9H2,1-2H3/t10-,14?/m1/s1. The van der Waals surface area contributed by atoms with Crippen molar-refractivity contribution in [3.63, 3.8) is 0 Å². The third kappa shape index (κ3) is 1.83. The fourth-order valence-corrected chi connectivity index (χ4v) is 2.66. The number of aromatic nitrogens is 1. The van der Waals surface area contributed by atoms with Gasteiger partial charge in [-0.1, -0.05) is 25.1 Å². The second-order valence-electron chi connectivity index (χ2n) is 4.98. The van der Waals surface area contributed by atoms with E-state index in [1.165, 1.54) is 10.9 Å². The number of nitrogens with zero attached hydrogens (tertiary/aromatic N) is 1. The summed E-state index contributed by atoms with van der Waals surface area (Å²) in [4.78, 5) is 4.70. The molecule has 1 unspecified atom stereocenters. The van der Waals surface area contributed by atoms with Crippen molar-refractivity contribution in [1.29, 1.82) is 0 Å². The molecule has 0 N–H and O–H groups in total. The van der Waals surface area contributed by atoms with Crippen molar-refractivity contribution in [1.82, 2.24) is 4.98 Å². The molecule has 1 saturated heterocycles. The molecule has 2 heteroatoms. The zero-order chi connectivity index (χ0) is 11.8. The number of hydrogen-bond donors (Lipinski definition) is 0. The molecule has 0 saturated carbocycles. The van der Waals surface area contributed by atoms with E-state index in [0.717, 1.165) is 24.4 Å². The summed E-state index contributed by atoms with van der Waals surface area (Å²) in [5, 5.41) is 1.23. The maximum absolute atomic E-state index is 5.56. The lowest BCUT2D eigenvalue weighted by atomic mass is 9.89. The van der Waals surface area contributed by atoms with E-state index in [1.807, 2.05) is 6.07 Å². The molecule has 1 fully saturated rings. The predicted octanol–water partition coefficient (Wildman–Crippen LogP) is 3.29. The summed E-state index contributed by atoms with van der Waals surface area (Å²) in [5.74, 6) is 1.10. The number of pyridine rings is 1. The Labute approximate surface area is 102 Å². The van der Waals surface area contributed by atoms with Crippen LogP contribution in [0.15, 0.2) is 30.3 Å². The van der Waals surface area contributed by atoms with Gasteiger partial charge in [0, 0.05) is 23.6 Å². The monoisotopic (exact) mass is 227 g/mol. The second-order valence-corrected chi connectivity index (χ2v) is 4.98. The number of aryl methyl sites for hydroxylation is 1. The van der Waals surface area contributed by atoms with E-state index in [4.69, 9.17) is 9.72 Å². The van der Waals surface area contributed by atoms with Gasteiger partial charge in [-0.3, -0.25) is 4.98 Å². The maximum Gasteiger partial charge on any atom is 0.0705 e. The largest absolute Gasteiger partial charge is 0.381 e. The lowest BCUT2D eigenvalue weighted by Crippen LogP contribution is -2.09. The van der Waals surface area contributed by atoms with Gasteiger partial charge in [-0.25, -0.2) is 0 Å². The third-order valence-electron chi connectivity index (χ3n) is 3.72. The molecule has 1 aliphatic heterocycles. The smallest absolute Gasteiger partial charge is 0.0705 e. The van der Waals surface area contributed by atoms with Crippen LogP contribution in [-0.2, 0) is 4.74 Å². The van der Waals surface area contributed by atoms with Gasteiger partial charge >= 0.3 is 0 Å². The lowest BCUT2D eigenvalue weighted by Gasteiger charge is -2.16. The molecule has 0 amide bonds. The summed E-state index contributed by atoms with van der Waals surface area (Å²) < 4.78 is 5.56. The topological polar surface area (TPSA) is 22.1 Å². The highest BCUT2D eigenvalue weighted by molar-refractivity contribution is 5.79. The van der Waals surface area contributed by atoms with Crippen molar-refractivity contribution in [2.24, 2.45) is 5.92 Å². The Morgan fingerprint density at radius 2 is 2.06 bits per heavy atom. The van der Waals surface area contributed by atoms with Crippen molar-refractivity contribution >= 4 is 10.9 Å². The Hall–Kier alpha value is -1.41. The van der Waals surface area contributed by atoms with E-state index in [1.54, 1.807) is 0 Å². The number of hydrogen-bond acceptors (Lipinski definition) is 2. The van der Waals surface area contributed by atoms with Crippen LogP contribution in [0.25, 0.3) is 10.9 Å². The Bertz CT molecular complexity index is 550. The van der Waals surface area contributed by atoms with Gasteiger partial charge in [0.1, 0.15) is 0 Å². The molecule has 2 nitrogen and oxygen atoms in total. The van der Waals surface area contributed by atoms with Crippen molar-refractivity contribution in [3.05, 3.63) is 41.6 Å². The lowest BCUT2D eigenvalue weighted by molar-refractivity contribution is 0.186. The Balaban J connectivity index is 2.12. The van der Waals surface area contributed by atoms with Crippen LogP contribution in [0.3, 0.4) is 0 Å². The highest BCUT2D eigenvalue weighted by atomic mass is 16.5. The molecule has 2 atom stereocenters. The average molecular weight is 227 g/mol. The summed E-state index contributed by atoms with van der Waals surface area (Å²) in [6.45, 7) is 6.07. The molecule has 88 valence electrons. The van der Waals surface area contributed by atoms with Gasteiger partial charge in [0.2, 0.25) is 0 Å². The molecular formula is C15H17NO. The molecule has 2 aromatic rings. The molecule has 1 aromatic carbocycles. The summed E-state index contributed by atoms with van der Waals surface area (Å²) >= 11 is 0. The van der Waals surface area contributed by atoms with Crippen LogP contribution < -0.4 is 0 Å². The highest BCUT2D eigenvalue weighted by Gasteiger charge is 2.27. The molecule has 1 aliphatic rings. The first kappa shape index (κ1) is 10.7. The first-order valence-corrected chi connectivity index (χ1v) is 6.20. The van der Waals surface area contributed by atoms with Crippen molar-refractivity contribution in [2.75, 3.05) is 13.2 Å². The molecule has 17 heavy (non-hydrogen) atoms. The Morgan fingerprint density at radius 3 is 2.82 bits per heavy atom. The summed E-state index contributed by atoms with van der Waals surface area (Å²) in [7, 11) is 0. The Morgan fingerprint density at radius 1 is 1.24 bits per heavy atom. The van der Waals surface area contributed by atoms with Gasteiger partial charge in [0.25, 0.3) is 0 Å². The normalized spacial score (nSPS) is 24.4. The van der Waals surface area contributed by atoms with Crippen LogP contribution >= 0.6 is 0 Å².